The van der Waals surface area contributed by atoms with E-state index >= 15 is 0 Å². The highest BCUT2D eigenvalue weighted by Crippen LogP contribution is 2.20. The van der Waals surface area contributed by atoms with Crippen molar-refractivity contribution in [2.24, 2.45) is 5.73 Å². The van der Waals surface area contributed by atoms with Gasteiger partial charge in [-0.2, -0.15) is 0 Å². The van der Waals surface area contributed by atoms with Crippen LogP contribution in [0.1, 0.15) is 47.5 Å². The van der Waals surface area contributed by atoms with Crippen LogP contribution in [0.5, 0.6) is 0 Å². The van der Waals surface area contributed by atoms with Gasteiger partial charge in [0.25, 0.3) is 0 Å². The van der Waals surface area contributed by atoms with Crippen molar-refractivity contribution in [3.63, 3.8) is 0 Å². The average molecular weight is 217 g/mol. The fourth-order valence-electron chi connectivity index (χ4n) is 1.35. The van der Waals surface area contributed by atoms with Gasteiger partial charge < -0.3 is 15.6 Å². The number of hydrogen-bond acceptors (Lipinski definition) is 3. The first-order valence-corrected chi connectivity index (χ1v) is 5.31. The Labute approximate surface area is 91.8 Å². The van der Waals surface area contributed by atoms with Crippen molar-refractivity contribution < 1.29 is 14.6 Å². The third kappa shape index (κ3) is 5.14. The van der Waals surface area contributed by atoms with Gasteiger partial charge in [-0.15, -0.1) is 0 Å². The number of carboxylic acids is 1. The van der Waals surface area contributed by atoms with Crippen molar-refractivity contribution in [2.75, 3.05) is 0 Å². The van der Waals surface area contributed by atoms with Crippen LogP contribution in [0, 0.1) is 0 Å². The second kappa shape index (κ2) is 4.94. The van der Waals surface area contributed by atoms with Crippen LogP contribution in [0.25, 0.3) is 0 Å². The van der Waals surface area contributed by atoms with Gasteiger partial charge >= 0.3 is 5.97 Å². The third-order valence-electron chi connectivity index (χ3n) is 2.57. The van der Waals surface area contributed by atoms with Gasteiger partial charge in [-0.3, -0.25) is 4.79 Å². The summed E-state index contributed by atoms with van der Waals surface area (Å²) in [4.78, 5) is 10.8. The Balaban J connectivity index is 4.26. The third-order valence-corrected chi connectivity index (χ3v) is 2.57. The summed E-state index contributed by atoms with van der Waals surface area (Å²) in [6.45, 7) is 9.36. The molecule has 0 saturated heterocycles. The number of rotatable bonds is 6. The quantitative estimate of drug-likeness (QED) is 0.711. The Kier molecular flexibility index (Phi) is 4.74. The summed E-state index contributed by atoms with van der Waals surface area (Å²) in [7, 11) is 0. The monoisotopic (exact) mass is 217 g/mol. The summed E-state index contributed by atoms with van der Waals surface area (Å²) < 4.78 is 5.73. The van der Waals surface area contributed by atoms with Crippen LogP contribution in [0.15, 0.2) is 0 Å². The summed E-state index contributed by atoms with van der Waals surface area (Å²) in [5.74, 6) is -0.993. The van der Waals surface area contributed by atoms with Crippen LogP contribution in [0.3, 0.4) is 0 Å². The summed E-state index contributed by atoms with van der Waals surface area (Å²) in [5, 5.41) is 8.87. The van der Waals surface area contributed by atoms with E-state index in [4.69, 9.17) is 15.6 Å². The second-order valence-electron chi connectivity index (χ2n) is 4.97. The van der Waals surface area contributed by atoms with Crippen LogP contribution in [-0.4, -0.2) is 28.3 Å². The molecule has 15 heavy (non-hydrogen) atoms. The molecule has 0 rings (SSSR count). The molecule has 0 aromatic rings. The zero-order valence-corrected chi connectivity index (χ0v) is 10.3. The molecule has 90 valence electrons. The highest BCUT2D eigenvalue weighted by Gasteiger charge is 2.32. The van der Waals surface area contributed by atoms with Crippen LogP contribution in [-0.2, 0) is 9.53 Å². The van der Waals surface area contributed by atoms with Gasteiger partial charge in [0, 0.05) is 6.42 Å². The Morgan fingerprint density at radius 2 is 1.93 bits per heavy atom. The maximum Gasteiger partial charge on any atom is 0.323 e. The van der Waals surface area contributed by atoms with Crippen molar-refractivity contribution in [1.29, 1.82) is 0 Å². The minimum atomic E-state index is -1.22. The molecular weight excluding hydrogens is 194 g/mol. The molecule has 0 radical (unpaired) electrons. The minimum absolute atomic E-state index is 0.161. The fraction of sp³-hybridized carbons (Fsp3) is 0.909. The van der Waals surface area contributed by atoms with E-state index in [-0.39, 0.29) is 11.7 Å². The van der Waals surface area contributed by atoms with Gasteiger partial charge in [0.1, 0.15) is 5.54 Å². The van der Waals surface area contributed by atoms with Crippen LogP contribution in [0.2, 0.25) is 0 Å². The largest absolute Gasteiger partial charge is 0.480 e. The molecule has 0 spiro atoms. The lowest BCUT2D eigenvalue weighted by Gasteiger charge is -2.31. The van der Waals surface area contributed by atoms with Gasteiger partial charge in [0.05, 0.1) is 11.7 Å². The van der Waals surface area contributed by atoms with Crippen molar-refractivity contribution in [2.45, 2.75) is 64.7 Å². The lowest BCUT2D eigenvalue weighted by atomic mass is 9.95. The SMILES string of the molecule is CCC(C)(C)OC(C)CC(C)(N)C(=O)O. The molecule has 4 heteroatoms. The highest BCUT2D eigenvalue weighted by molar-refractivity contribution is 5.77. The van der Waals surface area contributed by atoms with E-state index in [1.807, 2.05) is 27.7 Å². The van der Waals surface area contributed by atoms with Crippen molar-refractivity contribution in [3.8, 4) is 0 Å². The molecule has 4 nitrogen and oxygen atoms in total. The van der Waals surface area contributed by atoms with Gasteiger partial charge in [0.15, 0.2) is 0 Å². The predicted octanol–water partition coefficient (Wildman–Crippen LogP) is 1.77. The Bertz CT molecular complexity index is 224. The molecule has 3 N–H and O–H groups in total. The van der Waals surface area contributed by atoms with Crippen LogP contribution < -0.4 is 5.73 Å². The summed E-state index contributed by atoms with van der Waals surface area (Å²) in [6.07, 6.45) is 1.03. The van der Waals surface area contributed by atoms with Crippen LogP contribution >= 0.6 is 0 Å². The molecule has 0 aromatic heterocycles. The minimum Gasteiger partial charge on any atom is -0.480 e. The summed E-state index contributed by atoms with van der Waals surface area (Å²) in [6, 6.07) is 0. The summed E-state index contributed by atoms with van der Waals surface area (Å²) in [5.41, 5.74) is 4.19. The predicted molar refractivity (Wildman–Crippen MR) is 59.8 cm³/mol. The molecule has 0 bridgehead atoms. The molecular formula is C11H23NO3. The molecule has 0 fully saturated rings. The van der Waals surface area contributed by atoms with E-state index in [1.165, 1.54) is 6.92 Å². The van der Waals surface area contributed by atoms with E-state index in [0.717, 1.165) is 6.42 Å². The maximum absolute atomic E-state index is 10.8. The van der Waals surface area contributed by atoms with Gasteiger partial charge in [-0.25, -0.2) is 0 Å². The standard InChI is InChI=1S/C11H23NO3/c1-6-10(3,4)15-8(2)7-11(5,12)9(13)14/h8H,6-7,12H2,1-5H3,(H,13,14). The Morgan fingerprint density at radius 1 is 1.47 bits per heavy atom. The van der Waals surface area contributed by atoms with Crippen molar-refractivity contribution in [1.82, 2.24) is 0 Å². The first-order chi connectivity index (χ1) is 6.60. The number of carbonyl (C=O) groups is 1. The van der Waals surface area contributed by atoms with Crippen molar-refractivity contribution >= 4 is 5.97 Å². The smallest absolute Gasteiger partial charge is 0.323 e. The van der Waals surface area contributed by atoms with Crippen LogP contribution in [0.4, 0.5) is 0 Å². The molecule has 0 aliphatic carbocycles. The molecule has 2 unspecified atom stereocenters. The van der Waals surface area contributed by atoms with Gasteiger partial charge in [0.2, 0.25) is 0 Å². The van der Waals surface area contributed by atoms with Crippen molar-refractivity contribution in [3.05, 3.63) is 0 Å². The van der Waals surface area contributed by atoms with E-state index in [9.17, 15) is 4.79 Å². The summed E-state index contributed by atoms with van der Waals surface area (Å²) >= 11 is 0. The molecule has 2 atom stereocenters. The molecule has 0 aromatic carbocycles. The molecule has 0 saturated carbocycles. The average Bonchev–Trinajstić information content (AvgIpc) is 2.01. The topological polar surface area (TPSA) is 72.5 Å². The number of aliphatic carboxylic acids is 1. The van der Waals surface area contributed by atoms with Gasteiger partial charge in [-0.05, 0) is 34.1 Å². The number of ether oxygens (including phenoxy) is 1. The van der Waals surface area contributed by atoms with E-state index < -0.39 is 11.5 Å². The zero-order valence-electron chi connectivity index (χ0n) is 10.3. The van der Waals surface area contributed by atoms with E-state index in [2.05, 4.69) is 0 Å². The molecule has 0 heterocycles. The molecule has 0 aliphatic rings. The molecule has 0 aliphatic heterocycles. The normalized spacial score (nSPS) is 18.3. The van der Waals surface area contributed by atoms with E-state index in [1.54, 1.807) is 0 Å². The fourth-order valence-corrected chi connectivity index (χ4v) is 1.35. The second-order valence-corrected chi connectivity index (χ2v) is 4.97. The number of carboxylic acid groups (broad SMARTS) is 1. The highest BCUT2D eigenvalue weighted by atomic mass is 16.5. The first-order valence-electron chi connectivity index (χ1n) is 5.31. The molecule has 0 amide bonds. The van der Waals surface area contributed by atoms with E-state index in [0.29, 0.717) is 6.42 Å². The Hall–Kier alpha value is -0.610. The first kappa shape index (κ1) is 14.4. The number of hydrogen-bond donors (Lipinski definition) is 2. The lowest BCUT2D eigenvalue weighted by Crippen LogP contribution is -2.48. The number of nitrogens with two attached hydrogens (primary N) is 1. The lowest BCUT2D eigenvalue weighted by molar-refractivity contribution is -0.146. The maximum atomic E-state index is 10.8. The Morgan fingerprint density at radius 3 is 2.27 bits per heavy atom. The van der Waals surface area contributed by atoms with Gasteiger partial charge in [-0.1, -0.05) is 6.92 Å². The zero-order chi connectivity index (χ0) is 12.3.